The number of nitrogens with one attached hydrogen (secondary N) is 2. The molecule has 0 fully saturated rings. The predicted octanol–water partition coefficient (Wildman–Crippen LogP) is 2.35. The maximum absolute atomic E-state index is 13.0. The van der Waals surface area contributed by atoms with Crippen molar-refractivity contribution in [2.75, 3.05) is 24.4 Å². The third-order valence-corrected chi connectivity index (χ3v) is 8.11. The Morgan fingerprint density at radius 3 is 2.91 bits per heavy atom. The number of benzene rings is 1. The van der Waals surface area contributed by atoms with Gasteiger partial charge < -0.3 is 15.1 Å². The minimum Gasteiger partial charge on any atom is -0.355 e. The molecule has 2 aromatic heterocycles. The highest BCUT2D eigenvalue weighted by atomic mass is 32.2. The van der Waals surface area contributed by atoms with Gasteiger partial charge in [0, 0.05) is 43.3 Å². The molecule has 1 aliphatic rings. The molecule has 0 radical (unpaired) electrons. The van der Waals surface area contributed by atoms with Gasteiger partial charge in [0.1, 0.15) is 11.3 Å². The van der Waals surface area contributed by atoms with E-state index in [2.05, 4.69) is 20.3 Å². The number of aromatic nitrogens is 2. The number of pyridine rings is 1. The van der Waals surface area contributed by atoms with Crippen LogP contribution >= 0.6 is 11.8 Å². The number of anilines is 1. The number of nitrogens with zero attached hydrogens (tertiary/aromatic N) is 3. The number of hydrogen-bond acceptors (Lipinski definition) is 7. The van der Waals surface area contributed by atoms with Crippen LogP contribution in [0, 0.1) is 0 Å². The number of aldehydes is 1. The third-order valence-electron chi connectivity index (χ3n) is 5.20. The van der Waals surface area contributed by atoms with Crippen molar-refractivity contribution < 1.29 is 18.0 Å². The lowest BCUT2D eigenvalue weighted by molar-refractivity contribution is -0.122. The number of carbonyl (C=O) groups excluding carboxylic acids is 2. The molecule has 0 saturated heterocycles. The summed E-state index contributed by atoms with van der Waals surface area (Å²) in [4.78, 5) is 34.0. The van der Waals surface area contributed by atoms with Crippen LogP contribution in [-0.4, -0.2) is 61.0 Å². The molecule has 0 aliphatic carbocycles. The Bertz CT molecular complexity index is 1300. The molecule has 9 nitrogen and oxygen atoms in total. The zero-order chi connectivity index (χ0) is 23.4. The Kier molecular flexibility index (Phi) is 6.80. The van der Waals surface area contributed by atoms with Crippen LogP contribution < -0.4 is 9.62 Å². The van der Waals surface area contributed by atoms with Crippen molar-refractivity contribution in [2.24, 2.45) is 4.99 Å². The number of fused-ring (bicyclic) bond motifs is 1. The molecule has 1 atom stereocenters. The normalized spacial score (nSPS) is 15.9. The number of hydrogen-bond donors (Lipinski definition) is 2. The zero-order valence-electron chi connectivity index (χ0n) is 17.9. The second-order valence-corrected chi connectivity index (χ2v) is 10.7. The first-order valence-electron chi connectivity index (χ1n) is 10.3. The first kappa shape index (κ1) is 23.0. The molecule has 1 aliphatic heterocycles. The molecule has 1 amide bonds. The van der Waals surface area contributed by atoms with Gasteiger partial charge in [-0.2, -0.15) is 8.42 Å². The van der Waals surface area contributed by atoms with Gasteiger partial charge in [-0.15, -0.1) is 0 Å². The van der Waals surface area contributed by atoms with Crippen LogP contribution in [0.3, 0.4) is 0 Å². The fourth-order valence-corrected chi connectivity index (χ4v) is 5.62. The maximum Gasteiger partial charge on any atom is 0.281 e. The van der Waals surface area contributed by atoms with E-state index in [0.717, 1.165) is 22.4 Å². The first-order valence-corrected chi connectivity index (χ1v) is 12.7. The maximum atomic E-state index is 13.0. The van der Waals surface area contributed by atoms with Gasteiger partial charge in [-0.3, -0.25) is 14.1 Å². The van der Waals surface area contributed by atoms with Crippen molar-refractivity contribution in [3.63, 3.8) is 0 Å². The number of aromatic amines is 1. The lowest BCUT2D eigenvalue weighted by atomic mass is 10.2. The van der Waals surface area contributed by atoms with E-state index in [9.17, 15) is 18.0 Å². The van der Waals surface area contributed by atoms with Crippen molar-refractivity contribution in [1.82, 2.24) is 15.3 Å². The molecule has 2 N–H and O–H groups in total. The van der Waals surface area contributed by atoms with Crippen LogP contribution in [0.2, 0.25) is 0 Å². The van der Waals surface area contributed by atoms with E-state index in [1.54, 1.807) is 36.0 Å². The number of thioether (sulfide) groups is 1. The predicted molar refractivity (Wildman–Crippen MR) is 129 cm³/mol. The van der Waals surface area contributed by atoms with Crippen molar-refractivity contribution >= 4 is 55.6 Å². The standard InChI is InChI=1S/C22H23N5O4S2/c1-27(33(30,31)20-9-2-3-10-23-20)18-7-4-6-15-12-17(26-21(15)18)22-25-14-16(32-22)13-24-19(29)8-5-11-28/h2-4,6-7,9-12,16,26H,5,8,13-14H2,1H3,(H,24,29). The molecular formula is C22H23N5O4S2. The number of carbonyl (C=O) groups is 2. The molecule has 0 saturated carbocycles. The fourth-order valence-electron chi connectivity index (χ4n) is 3.47. The van der Waals surface area contributed by atoms with Gasteiger partial charge in [-0.1, -0.05) is 30.0 Å². The summed E-state index contributed by atoms with van der Waals surface area (Å²) < 4.78 is 27.3. The summed E-state index contributed by atoms with van der Waals surface area (Å²) in [7, 11) is -2.32. The summed E-state index contributed by atoms with van der Waals surface area (Å²) in [6.07, 6.45) is 2.58. The second-order valence-electron chi connectivity index (χ2n) is 7.46. The minimum absolute atomic E-state index is 0.0231. The van der Waals surface area contributed by atoms with Gasteiger partial charge in [-0.25, -0.2) is 4.98 Å². The summed E-state index contributed by atoms with van der Waals surface area (Å²) in [6, 6.07) is 12.2. The molecule has 3 aromatic rings. The Labute approximate surface area is 195 Å². The smallest absolute Gasteiger partial charge is 0.281 e. The monoisotopic (exact) mass is 485 g/mol. The average Bonchev–Trinajstić information content (AvgIpc) is 3.48. The quantitative estimate of drug-likeness (QED) is 0.448. The van der Waals surface area contributed by atoms with Gasteiger partial charge in [0.2, 0.25) is 5.91 Å². The van der Waals surface area contributed by atoms with Crippen LogP contribution in [0.1, 0.15) is 18.5 Å². The van der Waals surface area contributed by atoms with E-state index in [4.69, 9.17) is 0 Å². The SMILES string of the molecule is CN(c1cccc2cc(C3=NCC(CNC(=O)CCC=O)S3)[nH]c12)S(=O)(=O)c1ccccn1. The number of amides is 1. The van der Waals surface area contributed by atoms with Crippen LogP contribution in [0.25, 0.3) is 10.9 Å². The average molecular weight is 486 g/mol. The van der Waals surface area contributed by atoms with E-state index in [0.29, 0.717) is 24.3 Å². The third kappa shape index (κ3) is 4.93. The molecule has 1 aromatic carbocycles. The van der Waals surface area contributed by atoms with Crippen molar-refractivity contribution in [2.45, 2.75) is 23.1 Å². The summed E-state index contributed by atoms with van der Waals surface area (Å²) >= 11 is 1.55. The van der Waals surface area contributed by atoms with E-state index >= 15 is 0 Å². The van der Waals surface area contributed by atoms with Crippen LogP contribution in [0.5, 0.6) is 0 Å². The molecule has 0 spiro atoms. The number of sulfonamides is 1. The first-order chi connectivity index (χ1) is 15.9. The van der Waals surface area contributed by atoms with Crippen LogP contribution in [-0.2, 0) is 19.6 Å². The molecule has 3 heterocycles. The lowest BCUT2D eigenvalue weighted by Crippen LogP contribution is -2.31. The van der Waals surface area contributed by atoms with Gasteiger partial charge in [0.25, 0.3) is 10.0 Å². The van der Waals surface area contributed by atoms with E-state index in [1.807, 2.05) is 12.1 Å². The highest BCUT2D eigenvalue weighted by Crippen LogP contribution is 2.32. The Hall–Kier alpha value is -3.18. The number of rotatable bonds is 9. The summed E-state index contributed by atoms with van der Waals surface area (Å²) in [5.74, 6) is -0.149. The molecule has 4 rings (SSSR count). The zero-order valence-corrected chi connectivity index (χ0v) is 19.5. The van der Waals surface area contributed by atoms with Crippen molar-refractivity contribution in [3.8, 4) is 0 Å². The second kappa shape index (κ2) is 9.75. The van der Waals surface area contributed by atoms with E-state index in [1.165, 1.54) is 23.6 Å². The van der Waals surface area contributed by atoms with E-state index in [-0.39, 0.29) is 29.0 Å². The number of H-pyrrole nitrogens is 1. The Balaban J connectivity index is 1.51. The molecule has 172 valence electrons. The van der Waals surface area contributed by atoms with Crippen LogP contribution in [0.15, 0.2) is 58.7 Å². The van der Waals surface area contributed by atoms with Crippen molar-refractivity contribution in [3.05, 3.63) is 54.4 Å². The fraction of sp³-hybridized carbons (Fsp3) is 0.273. The topological polar surface area (TPSA) is 125 Å². The summed E-state index contributed by atoms with van der Waals surface area (Å²) in [5, 5.41) is 4.57. The summed E-state index contributed by atoms with van der Waals surface area (Å²) in [5.41, 5.74) is 1.98. The van der Waals surface area contributed by atoms with E-state index < -0.39 is 10.0 Å². The van der Waals surface area contributed by atoms with Gasteiger partial charge in [-0.05, 0) is 24.3 Å². The molecule has 1 unspecified atom stereocenters. The highest BCUT2D eigenvalue weighted by molar-refractivity contribution is 8.15. The van der Waals surface area contributed by atoms with Gasteiger partial charge >= 0.3 is 0 Å². The van der Waals surface area contributed by atoms with Crippen molar-refractivity contribution in [1.29, 1.82) is 0 Å². The van der Waals surface area contributed by atoms with Gasteiger partial charge in [0.15, 0.2) is 5.03 Å². The molecule has 33 heavy (non-hydrogen) atoms. The molecular weight excluding hydrogens is 462 g/mol. The Morgan fingerprint density at radius 1 is 1.30 bits per heavy atom. The molecule has 11 heteroatoms. The number of aliphatic imine (C=N–C) groups is 1. The minimum atomic E-state index is -3.82. The molecule has 0 bridgehead atoms. The van der Waals surface area contributed by atoms with Crippen LogP contribution in [0.4, 0.5) is 5.69 Å². The summed E-state index contributed by atoms with van der Waals surface area (Å²) in [6.45, 7) is 1.02. The van der Waals surface area contributed by atoms with Gasteiger partial charge in [0.05, 0.1) is 23.4 Å². The largest absolute Gasteiger partial charge is 0.355 e. The Morgan fingerprint density at radius 2 is 2.15 bits per heavy atom. The number of para-hydroxylation sites is 1. The lowest BCUT2D eigenvalue weighted by Gasteiger charge is -2.19. The highest BCUT2D eigenvalue weighted by Gasteiger charge is 2.26.